The van der Waals surface area contributed by atoms with Gasteiger partial charge in [-0.2, -0.15) is 0 Å². The van der Waals surface area contributed by atoms with E-state index in [2.05, 4.69) is 25.2 Å². The third kappa shape index (κ3) is 4.55. The van der Waals surface area contributed by atoms with Crippen LogP contribution in [0.3, 0.4) is 0 Å². The molecule has 9 heteroatoms. The van der Waals surface area contributed by atoms with Gasteiger partial charge in [0.1, 0.15) is 17.2 Å². The van der Waals surface area contributed by atoms with Gasteiger partial charge in [0, 0.05) is 43.4 Å². The third-order valence-electron chi connectivity index (χ3n) is 5.00. The number of amides is 1. The fourth-order valence-corrected chi connectivity index (χ4v) is 3.77. The Morgan fingerprint density at radius 1 is 1.30 bits per heavy atom. The molecule has 30 heavy (non-hydrogen) atoms. The van der Waals surface area contributed by atoms with Gasteiger partial charge in [0.25, 0.3) is 5.91 Å². The highest BCUT2D eigenvalue weighted by atomic mass is 35.5. The van der Waals surface area contributed by atoms with E-state index in [4.69, 9.17) is 22.1 Å². The maximum absolute atomic E-state index is 12.3. The fraction of sp³-hybridized carbons (Fsp3) is 0.286. The van der Waals surface area contributed by atoms with E-state index in [1.165, 1.54) is 19.9 Å². The van der Waals surface area contributed by atoms with E-state index in [1.54, 1.807) is 24.4 Å². The number of guanidine groups is 1. The molecule has 1 saturated heterocycles. The first-order valence-electron chi connectivity index (χ1n) is 9.73. The number of hydrogen-bond acceptors (Lipinski definition) is 5. The summed E-state index contributed by atoms with van der Waals surface area (Å²) >= 11 is 6.42. The molecule has 4 N–H and O–H groups in total. The van der Waals surface area contributed by atoms with Crippen molar-refractivity contribution in [3.8, 4) is 11.5 Å². The zero-order chi connectivity index (χ0) is 21.1. The van der Waals surface area contributed by atoms with Crippen molar-refractivity contribution in [1.29, 1.82) is 0 Å². The Labute approximate surface area is 179 Å². The van der Waals surface area contributed by atoms with Gasteiger partial charge >= 0.3 is 0 Å². The van der Waals surface area contributed by atoms with Crippen LogP contribution >= 0.6 is 11.6 Å². The number of ether oxygens (including phenoxy) is 1. The molecule has 156 valence electrons. The van der Waals surface area contributed by atoms with E-state index in [9.17, 15) is 4.79 Å². The molecule has 2 aromatic heterocycles. The SMILES string of the molecule is CN=C(N)NC(=O)c1cc2c(Cl)cc(Oc3ccnc(CN4CCCC4)c3)cc2[nH]1. The van der Waals surface area contributed by atoms with Crippen LogP contribution in [-0.4, -0.2) is 46.9 Å². The van der Waals surface area contributed by atoms with Gasteiger partial charge in [-0.1, -0.05) is 11.6 Å². The smallest absolute Gasteiger partial charge is 0.274 e. The van der Waals surface area contributed by atoms with E-state index in [-0.39, 0.29) is 5.96 Å². The maximum atomic E-state index is 12.3. The molecule has 3 aromatic rings. The van der Waals surface area contributed by atoms with Crippen LogP contribution in [0.4, 0.5) is 0 Å². The summed E-state index contributed by atoms with van der Waals surface area (Å²) in [5.74, 6) is 0.894. The predicted molar refractivity (Wildman–Crippen MR) is 117 cm³/mol. The normalized spacial score (nSPS) is 14.9. The second-order valence-electron chi connectivity index (χ2n) is 7.18. The van der Waals surface area contributed by atoms with Crippen LogP contribution in [0.2, 0.25) is 5.02 Å². The Kier molecular flexibility index (Phi) is 5.87. The summed E-state index contributed by atoms with van der Waals surface area (Å²) in [7, 11) is 1.50. The van der Waals surface area contributed by atoms with Crippen LogP contribution < -0.4 is 15.8 Å². The van der Waals surface area contributed by atoms with Crippen LogP contribution in [0.25, 0.3) is 10.9 Å². The first-order valence-corrected chi connectivity index (χ1v) is 10.1. The molecule has 8 nitrogen and oxygen atoms in total. The molecule has 1 aromatic carbocycles. The van der Waals surface area contributed by atoms with Gasteiger partial charge in [0.05, 0.1) is 16.2 Å². The zero-order valence-electron chi connectivity index (χ0n) is 16.6. The van der Waals surface area contributed by atoms with Gasteiger partial charge < -0.3 is 15.5 Å². The largest absolute Gasteiger partial charge is 0.457 e. The van der Waals surface area contributed by atoms with Crippen LogP contribution in [0.5, 0.6) is 11.5 Å². The minimum absolute atomic E-state index is 0.0381. The lowest BCUT2D eigenvalue weighted by Gasteiger charge is -2.14. The number of aliphatic imine (C=N–C) groups is 1. The lowest BCUT2D eigenvalue weighted by molar-refractivity contribution is 0.0972. The molecular weight excluding hydrogens is 404 g/mol. The number of carbonyl (C=O) groups is 1. The number of pyridine rings is 1. The molecule has 1 amide bonds. The van der Waals surface area contributed by atoms with Crippen LogP contribution in [0.1, 0.15) is 29.0 Å². The Morgan fingerprint density at radius 3 is 2.87 bits per heavy atom. The standard InChI is InChI=1S/C21H23ClN6O2/c1-24-21(23)27-20(29)19-11-16-17(22)9-15(10-18(16)26-19)30-14-4-5-25-13(8-14)12-28-6-2-3-7-28/h4-5,8-11,26H,2-3,6-7,12H2,1H3,(H3,23,24,27,29). The van der Waals surface area contributed by atoms with Crippen molar-refractivity contribution < 1.29 is 9.53 Å². The summed E-state index contributed by atoms with van der Waals surface area (Å²) in [5, 5.41) is 3.68. The summed E-state index contributed by atoms with van der Waals surface area (Å²) in [6.45, 7) is 3.03. The maximum Gasteiger partial charge on any atom is 0.274 e. The van der Waals surface area contributed by atoms with Crippen LogP contribution in [0.15, 0.2) is 41.5 Å². The molecule has 0 radical (unpaired) electrons. The number of benzene rings is 1. The quantitative estimate of drug-likeness (QED) is 0.428. The molecule has 1 fully saturated rings. The number of aromatic nitrogens is 2. The average Bonchev–Trinajstić information content (AvgIpc) is 3.38. The first kappa shape index (κ1) is 20.2. The Hall–Kier alpha value is -3.10. The molecular formula is C21H23ClN6O2. The van der Waals surface area contributed by atoms with Crippen LogP contribution in [-0.2, 0) is 6.54 Å². The average molecular weight is 427 g/mol. The molecule has 4 rings (SSSR count). The molecule has 1 aliphatic rings. The number of hydrogen-bond donors (Lipinski definition) is 3. The summed E-state index contributed by atoms with van der Waals surface area (Å²) in [6, 6.07) is 8.95. The van der Waals surface area contributed by atoms with E-state index in [1.807, 2.05) is 12.1 Å². The third-order valence-corrected chi connectivity index (χ3v) is 5.31. The van der Waals surface area contributed by atoms with Crippen LogP contribution in [0, 0.1) is 0 Å². The molecule has 0 bridgehead atoms. The Morgan fingerprint density at radius 2 is 2.10 bits per heavy atom. The van der Waals surface area contributed by atoms with Gasteiger partial charge in [-0.3, -0.25) is 25.0 Å². The van der Waals surface area contributed by atoms with Gasteiger partial charge in [-0.05, 0) is 38.1 Å². The van der Waals surface area contributed by atoms with Crippen molar-refractivity contribution in [2.45, 2.75) is 19.4 Å². The Balaban J connectivity index is 1.54. The highest BCUT2D eigenvalue weighted by Gasteiger charge is 2.15. The molecule has 0 saturated carbocycles. The number of halogens is 1. The lowest BCUT2D eigenvalue weighted by Crippen LogP contribution is -2.36. The minimum atomic E-state index is -0.395. The lowest BCUT2D eigenvalue weighted by atomic mass is 10.2. The van der Waals surface area contributed by atoms with Gasteiger partial charge in [0.2, 0.25) is 0 Å². The second kappa shape index (κ2) is 8.73. The number of nitrogens with one attached hydrogen (secondary N) is 2. The van der Waals surface area contributed by atoms with E-state index in [0.29, 0.717) is 33.1 Å². The number of nitrogens with zero attached hydrogens (tertiary/aromatic N) is 3. The van der Waals surface area contributed by atoms with E-state index in [0.717, 1.165) is 25.3 Å². The summed E-state index contributed by atoms with van der Waals surface area (Å²) in [6.07, 6.45) is 4.23. The minimum Gasteiger partial charge on any atom is -0.457 e. The second-order valence-corrected chi connectivity index (χ2v) is 7.59. The topological polar surface area (TPSA) is 109 Å². The molecule has 3 heterocycles. The van der Waals surface area contributed by atoms with Gasteiger partial charge in [0.15, 0.2) is 5.96 Å². The number of H-pyrrole nitrogens is 1. The molecule has 1 aliphatic heterocycles. The summed E-state index contributed by atoms with van der Waals surface area (Å²) in [4.78, 5) is 25.9. The number of likely N-dealkylation sites (tertiary alicyclic amines) is 1. The number of fused-ring (bicyclic) bond motifs is 1. The molecule has 0 atom stereocenters. The van der Waals surface area contributed by atoms with Crippen molar-refractivity contribution >= 4 is 34.4 Å². The number of aromatic amines is 1. The molecule has 0 unspecified atom stereocenters. The predicted octanol–water partition coefficient (Wildman–Crippen LogP) is 3.28. The van der Waals surface area contributed by atoms with E-state index < -0.39 is 5.91 Å². The van der Waals surface area contributed by atoms with Gasteiger partial charge in [-0.25, -0.2) is 0 Å². The van der Waals surface area contributed by atoms with Crippen molar-refractivity contribution in [3.63, 3.8) is 0 Å². The zero-order valence-corrected chi connectivity index (χ0v) is 17.4. The van der Waals surface area contributed by atoms with E-state index >= 15 is 0 Å². The fourth-order valence-electron chi connectivity index (χ4n) is 3.50. The summed E-state index contributed by atoms with van der Waals surface area (Å²) in [5.41, 5.74) is 7.53. The van der Waals surface area contributed by atoms with Crippen molar-refractivity contribution in [2.24, 2.45) is 10.7 Å². The van der Waals surface area contributed by atoms with Crippen molar-refractivity contribution in [3.05, 3.63) is 52.9 Å². The molecule has 0 aliphatic carbocycles. The van der Waals surface area contributed by atoms with Crippen molar-refractivity contribution in [2.75, 3.05) is 20.1 Å². The van der Waals surface area contributed by atoms with Gasteiger partial charge in [-0.15, -0.1) is 0 Å². The number of carbonyl (C=O) groups excluding carboxylic acids is 1. The summed E-state index contributed by atoms with van der Waals surface area (Å²) < 4.78 is 6.02. The number of rotatable bonds is 5. The first-order chi connectivity index (χ1) is 14.5. The monoisotopic (exact) mass is 426 g/mol. The molecule has 0 spiro atoms. The number of nitrogens with two attached hydrogens (primary N) is 1. The highest BCUT2D eigenvalue weighted by Crippen LogP contribution is 2.32. The van der Waals surface area contributed by atoms with Crippen molar-refractivity contribution in [1.82, 2.24) is 20.2 Å². The highest BCUT2D eigenvalue weighted by molar-refractivity contribution is 6.35. The Bertz CT molecular complexity index is 1100.